The lowest BCUT2D eigenvalue weighted by molar-refractivity contribution is 0.171. The van der Waals surface area contributed by atoms with E-state index in [-0.39, 0.29) is 11.4 Å². The number of aromatic nitrogens is 2. The second-order valence-electron chi connectivity index (χ2n) is 4.91. The van der Waals surface area contributed by atoms with Crippen molar-refractivity contribution in [2.24, 2.45) is 14.1 Å². The monoisotopic (exact) mass is 315 g/mol. The number of benzene rings is 1. The Hall–Kier alpha value is -3.21. The van der Waals surface area contributed by atoms with Crippen LogP contribution in [0.3, 0.4) is 0 Å². The normalized spacial score (nSPS) is 12.6. The number of nitrogens with zero attached hydrogens (tertiary/aromatic N) is 3. The molecule has 0 aliphatic carbocycles. The van der Waals surface area contributed by atoms with Gasteiger partial charge in [-0.15, -0.1) is 0 Å². The zero-order valence-corrected chi connectivity index (χ0v) is 12.5. The summed E-state index contributed by atoms with van der Waals surface area (Å²) in [6.45, 7) is 0.888. The molecule has 1 aromatic carbocycles. The molecule has 0 saturated heterocycles. The third-order valence-electron chi connectivity index (χ3n) is 3.45. The molecule has 0 N–H and O–H groups in total. The Morgan fingerprint density at radius 2 is 1.83 bits per heavy atom. The lowest BCUT2D eigenvalue weighted by Gasteiger charge is -2.19. The van der Waals surface area contributed by atoms with E-state index in [2.05, 4.69) is 0 Å². The molecule has 118 valence electrons. The van der Waals surface area contributed by atoms with Crippen molar-refractivity contribution in [1.29, 1.82) is 5.26 Å². The van der Waals surface area contributed by atoms with E-state index in [0.29, 0.717) is 30.5 Å². The lowest BCUT2D eigenvalue weighted by Crippen LogP contribution is -2.38. The summed E-state index contributed by atoms with van der Waals surface area (Å²) in [6.07, 6.45) is 0. The highest BCUT2D eigenvalue weighted by molar-refractivity contribution is 5.48. The highest BCUT2D eigenvalue weighted by Gasteiger charge is 2.19. The first-order chi connectivity index (χ1) is 11.0. The smallest absolute Gasteiger partial charge is 0.333 e. The lowest BCUT2D eigenvalue weighted by atomic mass is 10.3. The van der Waals surface area contributed by atoms with Gasteiger partial charge in [-0.05, 0) is 12.1 Å². The zero-order valence-electron chi connectivity index (χ0n) is 12.5. The summed E-state index contributed by atoms with van der Waals surface area (Å²) in [5, 5.41) is 9.21. The molecule has 8 heteroatoms. The van der Waals surface area contributed by atoms with Gasteiger partial charge in [-0.1, -0.05) is 0 Å². The van der Waals surface area contributed by atoms with E-state index in [1.165, 1.54) is 14.1 Å². The molecule has 1 aliphatic rings. The van der Waals surface area contributed by atoms with E-state index in [1.807, 2.05) is 0 Å². The van der Waals surface area contributed by atoms with Crippen LogP contribution in [0.4, 0.5) is 0 Å². The molecule has 0 saturated carbocycles. The van der Waals surface area contributed by atoms with Gasteiger partial charge in [0.2, 0.25) is 5.88 Å². The summed E-state index contributed by atoms with van der Waals surface area (Å²) >= 11 is 0. The van der Waals surface area contributed by atoms with Gasteiger partial charge in [0.1, 0.15) is 25.0 Å². The van der Waals surface area contributed by atoms with E-state index in [1.54, 1.807) is 24.3 Å². The van der Waals surface area contributed by atoms with Crippen molar-refractivity contribution in [3.05, 3.63) is 44.6 Å². The molecule has 0 fully saturated rings. The Kier molecular flexibility index (Phi) is 3.54. The van der Waals surface area contributed by atoms with Crippen LogP contribution in [0.1, 0.15) is 5.56 Å². The highest BCUT2D eigenvalue weighted by atomic mass is 16.6. The summed E-state index contributed by atoms with van der Waals surface area (Å²) in [4.78, 5) is 24.0. The number of rotatable bonds is 2. The maximum atomic E-state index is 12.0. The number of fused-ring (bicyclic) bond motifs is 1. The minimum absolute atomic E-state index is 0.114. The van der Waals surface area contributed by atoms with Gasteiger partial charge in [-0.2, -0.15) is 5.26 Å². The van der Waals surface area contributed by atoms with Crippen molar-refractivity contribution in [3.8, 4) is 29.2 Å². The van der Waals surface area contributed by atoms with Crippen molar-refractivity contribution < 1.29 is 14.2 Å². The molecular weight excluding hydrogens is 302 g/mol. The van der Waals surface area contributed by atoms with Crippen LogP contribution in [0, 0.1) is 11.3 Å². The third kappa shape index (κ3) is 2.42. The second kappa shape index (κ2) is 5.53. The summed E-state index contributed by atoms with van der Waals surface area (Å²) in [5.74, 6) is 1.30. The van der Waals surface area contributed by atoms with Crippen LogP contribution in [0.2, 0.25) is 0 Å². The van der Waals surface area contributed by atoms with Crippen LogP contribution in [0.5, 0.6) is 23.1 Å². The zero-order chi connectivity index (χ0) is 16.6. The molecule has 2 aromatic rings. The largest absolute Gasteiger partial charge is 0.486 e. The maximum Gasteiger partial charge on any atom is 0.333 e. The highest BCUT2D eigenvalue weighted by Crippen LogP contribution is 2.35. The van der Waals surface area contributed by atoms with E-state index in [0.717, 1.165) is 9.13 Å². The van der Waals surface area contributed by atoms with Crippen molar-refractivity contribution in [1.82, 2.24) is 9.13 Å². The Labute approximate surface area is 130 Å². The summed E-state index contributed by atoms with van der Waals surface area (Å²) < 4.78 is 18.4. The van der Waals surface area contributed by atoms with Crippen LogP contribution >= 0.6 is 0 Å². The molecule has 1 aromatic heterocycles. The predicted molar refractivity (Wildman–Crippen MR) is 79.1 cm³/mol. The number of nitriles is 1. The van der Waals surface area contributed by atoms with Crippen LogP contribution in [-0.2, 0) is 14.1 Å². The van der Waals surface area contributed by atoms with E-state index in [4.69, 9.17) is 14.2 Å². The minimum atomic E-state index is -0.705. The molecule has 3 rings (SSSR count). The maximum absolute atomic E-state index is 12.0. The van der Waals surface area contributed by atoms with Crippen molar-refractivity contribution in [3.63, 3.8) is 0 Å². The summed E-state index contributed by atoms with van der Waals surface area (Å²) in [7, 11) is 2.73. The van der Waals surface area contributed by atoms with Gasteiger partial charge >= 0.3 is 5.69 Å². The average molecular weight is 315 g/mol. The van der Waals surface area contributed by atoms with Crippen LogP contribution < -0.4 is 25.5 Å². The van der Waals surface area contributed by atoms with Gasteiger partial charge < -0.3 is 14.2 Å². The SMILES string of the molecule is Cn1c(Oc2ccc3c(c2)OCCO3)c(C#N)c(=O)n(C)c1=O. The molecule has 0 radical (unpaired) electrons. The Bertz CT molecular complexity index is 936. The molecule has 0 spiro atoms. The Morgan fingerprint density at radius 3 is 2.52 bits per heavy atom. The van der Waals surface area contributed by atoms with Gasteiger partial charge in [0.25, 0.3) is 5.56 Å². The summed E-state index contributed by atoms with van der Waals surface area (Å²) in [6, 6.07) is 6.63. The van der Waals surface area contributed by atoms with Crippen molar-refractivity contribution in [2.75, 3.05) is 13.2 Å². The second-order valence-corrected chi connectivity index (χ2v) is 4.91. The van der Waals surface area contributed by atoms with Crippen molar-refractivity contribution in [2.45, 2.75) is 0 Å². The first-order valence-corrected chi connectivity index (χ1v) is 6.80. The standard InChI is InChI=1S/C15H13N3O5/c1-17-13(19)10(8-16)14(18(2)15(17)20)23-9-3-4-11-12(7-9)22-6-5-21-11/h3-4,7H,5-6H2,1-2H3. The fourth-order valence-corrected chi connectivity index (χ4v) is 2.24. The van der Waals surface area contributed by atoms with Gasteiger partial charge in [-0.25, -0.2) is 4.79 Å². The van der Waals surface area contributed by atoms with Crippen LogP contribution in [-0.4, -0.2) is 22.3 Å². The van der Waals surface area contributed by atoms with E-state index < -0.39 is 11.2 Å². The molecule has 0 bridgehead atoms. The first-order valence-electron chi connectivity index (χ1n) is 6.80. The van der Waals surface area contributed by atoms with Crippen LogP contribution in [0.15, 0.2) is 27.8 Å². The number of hydrogen-bond acceptors (Lipinski definition) is 6. The predicted octanol–water partition coefficient (Wildman–Crippen LogP) is 0.519. The van der Waals surface area contributed by atoms with Gasteiger partial charge in [-0.3, -0.25) is 13.9 Å². The first kappa shape index (κ1) is 14.7. The quantitative estimate of drug-likeness (QED) is 0.801. The van der Waals surface area contributed by atoms with Gasteiger partial charge in [0.15, 0.2) is 17.1 Å². The summed E-state index contributed by atoms with van der Waals surface area (Å²) in [5.41, 5.74) is -1.53. The number of hydrogen-bond donors (Lipinski definition) is 0. The van der Waals surface area contributed by atoms with Gasteiger partial charge in [0.05, 0.1) is 0 Å². The van der Waals surface area contributed by atoms with Crippen molar-refractivity contribution >= 4 is 0 Å². The van der Waals surface area contributed by atoms with Gasteiger partial charge in [0, 0.05) is 20.2 Å². The Balaban J connectivity index is 2.09. The molecule has 0 amide bonds. The molecule has 0 unspecified atom stereocenters. The van der Waals surface area contributed by atoms with E-state index in [9.17, 15) is 14.9 Å². The average Bonchev–Trinajstić information content (AvgIpc) is 2.58. The molecule has 8 nitrogen and oxygen atoms in total. The fourth-order valence-electron chi connectivity index (χ4n) is 2.24. The topological polar surface area (TPSA) is 95.5 Å². The molecular formula is C15H13N3O5. The molecule has 1 aliphatic heterocycles. The number of ether oxygens (including phenoxy) is 3. The van der Waals surface area contributed by atoms with E-state index >= 15 is 0 Å². The van der Waals surface area contributed by atoms with Crippen LogP contribution in [0.25, 0.3) is 0 Å². The Morgan fingerprint density at radius 1 is 1.13 bits per heavy atom. The molecule has 2 heterocycles. The third-order valence-corrected chi connectivity index (χ3v) is 3.45. The fraction of sp³-hybridized carbons (Fsp3) is 0.267. The molecule has 0 atom stereocenters. The minimum Gasteiger partial charge on any atom is -0.486 e. The molecule has 23 heavy (non-hydrogen) atoms.